The summed E-state index contributed by atoms with van der Waals surface area (Å²) in [4.78, 5) is 0. The number of rotatable bonds is 2. The van der Waals surface area contributed by atoms with Crippen LogP contribution in [0.3, 0.4) is 0 Å². The van der Waals surface area contributed by atoms with Gasteiger partial charge in [0.2, 0.25) is 0 Å². The van der Waals surface area contributed by atoms with Crippen LogP contribution in [0.4, 0.5) is 0 Å². The Morgan fingerprint density at radius 1 is 1.13 bits per heavy atom. The minimum atomic E-state index is 0.149. The molecular weight excluding hydrogens is 182 g/mol. The Morgan fingerprint density at radius 3 is 2.60 bits per heavy atom. The molecule has 0 saturated heterocycles. The molecule has 0 amide bonds. The van der Waals surface area contributed by atoms with Crippen molar-refractivity contribution in [3.05, 3.63) is 47.5 Å². The SMILES string of the molecule is CC[C@H](N)c1c(C)ccc2ccccc12. The van der Waals surface area contributed by atoms with Gasteiger partial charge in [0.15, 0.2) is 0 Å². The zero-order valence-corrected chi connectivity index (χ0v) is 9.33. The molecule has 0 aliphatic carbocycles. The predicted molar refractivity (Wildman–Crippen MR) is 65.9 cm³/mol. The Kier molecular flexibility index (Phi) is 2.74. The molecule has 0 aromatic heterocycles. The quantitative estimate of drug-likeness (QED) is 0.786. The molecule has 2 aromatic rings. The van der Waals surface area contributed by atoms with Gasteiger partial charge in [-0.1, -0.05) is 43.3 Å². The molecule has 0 aliphatic heterocycles. The van der Waals surface area contributed by atoms with Gasteiger partial charge in [0, 0.05) is 6.04 Å². The summed E-state index contributed by atoms with van der Waals surface area (Å²) in [5, 5.41) is 2.58. The van der Waals surface area contributed by atoms with E-state index >= 15 is 0 Å². The summed E-state index contributed by atoms with van der Waals surface area (Å²) in [5.41, 5.74) is 8.76. The van der Waals surface area contributed by atoms with Gasteiger partial charge in [0.25, 0.3) is 0 Å². The van der Waals surface area contributed by atoms with Crippen molar-refractivity contribution in [2.45, 2.75) is 26.3 Å². The smallest absolute Gasteiger partial charge is 0.0301 e. The second-order valence-electron chi connectivity index (χ2n) is 4.03. The molecule has 0 spiro atoms. The molecule has 0 unspecified atom stereocenters. The first-order chi connectivity index (χ1) is 7.24. The van der Waals surface area contributed by atoms with Gasteiger partial charge < -0.3 is 5.73 Å². The third kappa shape index (κ3) is 1.75. The van der Waals surface area contributed by atoms with Gasteiger partial charge >= 0.3 is 0 Å². The summed E-state index contributed by atoms with van der Waals surface area (Å²) in [6, 6.07) is 12.9. The van der Waals surface area contributed by atoms with E-state index in [4.69, 9.17) is 5.73 Å². The second kappa shape index (κ2) is 4.03. The van der Waals surface area contributed by atoms with Crippen molar-refractivity contribution < 1.29 is 0 Å². The van der Waals surface area contributed by atoms with E-state index in [0.717, 1.165) is 6.42 Å². The van der Waals surface area contributed by atoms with E-state index in [1.54, 1.807) is 0 Å². The fourth-order valence-corrected chi connectivity index (χ4v) is 2.10. The maximum atomic E-state index is 6.16. The molecule has 0 aliphatic rings. The molecule has 2 rings (SSSR count). The van der Waals surface area contributed by atoms with E-state index in [9.17, 15) is 0 Å². The third-order valence-corrected chi connectivity index (χ3v) is 3.00. The predicted octanol–water partition coefficient (Wildman–Crippen LogP) is 3.56. The van der Waals surface area contributed by atoms with Crippen molar-refractivity contribution in [2.24, 2.45) is 5.73 Å². The summed E-state index contributed by atoms with van der Waals surface area (Å²) in [6.45, 7) is 4.27. The maximum absolute atomic E-state index is 6.16. The van der Waals surface area contributed by atoms with Gasteiger partial charge in [-0.05, 0) is 35.2 Å². The molecule has 1 atom stereocenters. The molecule has 0 heterocycles. The molecule has 0 fully saturated rings. The molecule has 2 N–H and O–H groups in total. The number of nitrogens with two attached hydrogens (primary N) is 1. The van der Waals surface area contributed by atoms with Gasteiger partial charge in [-0.3, -0.25) is 0 Å². The first-order valence-electron chi connectivity index (χ1n) is 5.48. The lowest BCUT2D eigenvalue weighted by molar-refractivity contribution is 0.700. The van der Waals surface area contributed by atoms with Crippen molar-refractivity contribution in [1.29, 1.82) is 0 Å². The van der Waals surface area contributed by atoms with Crippen LogP contribution < -0.4 is 5.73 Å². The fraction of sp³-hybridized carbons (Fsp3) is 0.286. The van der Waals surface area contributed by atoms with Crippen LogP contribution in [-0.4, -0.2) is 0 Å². The molecule has 1 nitrogen and oxygen atoms in total. The Morgan fingerprint density at radius 2 is 1.87 bits per heavy atom. The standard InChI is InChI=1S/C14H17N/c1-3-13(15)14-10(2)8-9-11-6-4-5-7-12(11)14/h4-9,13H,3,15H2,1-2H3/t13-/m0/s1. The molecule has 0 saturated carbocycles. The third-order valence-electron chi connectivity index (χ3n) is 3.00. The van der Waals surface area contributed by atoms with Crippen molar-refractivity contribution in [2.75, 3.05) is 0 Å². The van der Waals surface area contributed by atoms with E-state index < -0.39 is 0 Å². The molecular formula is C14H17N. The highest BCUT2D eigenvalue weighted by Crippen LogP contribution is 2.27. The number of fused-ring (bicyclic) bond motifs is 1. The Labute approximate surface area is 90.9 Å². The van der Waals surface area contributed by atoms with Crippen LogP contribution in [0.2, 0.25) is 0 Å². The number of hydrogen-bond acceptors (Lipinski definition) is 1. The zero-order chi connectivity index (χ0) is 10.8. The first kappa shape index (κ1) is 10.2. The lowest BCUT2D eigenvalue weighted by Crippen LogP contribution is -2.10. The largest absolute Gasteiger partial charge is 0.324 e. The van der Waals surface area contributed by atoms with Crippen molar-refractivity contribution in [3.8, 4) is 0 Å². The molecule has 78 valence electrons. The van der Waals surface area contributed by atoms with E-state index in [2.05, 4.69) is 50.2 Å². The highest BCUT2D eigenvalue weighted by atomic mass is 14.6. The summed E-state index contributed by atoms with van der Waals surface area (Å²) in [7, 11) is 0. The van der Waals surface area contributed by atoms with E-state index in [-0.39, 0.29) is 6.04 Å². The van der Waals surface area contributed by atoms with Crippen LogP contribution in [0.1, 0.15) is 30.5 Å². The summed E-state index contributed by atoms with van der Waals surface area (Å²) in [6.07, 6.45) is 0.981. The van der Waals surface area contributed by atoms with Gasteiger partial charge in [-0.15, -0.1) is 0 Å². The average molecular weight is 199 g/mol. The monoisotopic (exact) mass is 199 g/mol. The summed E-state index contributed by atoms with van der Waals surface area (Å²) < 4.78 is 0. The van der Waals surface area contributed by atoms with Crippen LogP contribution in [0.5, 0.6) is 0 Å². The topological polar surface area (TPSA) is 26.0 Å². The molecule has 0 radical (unpaired) electrons. The highest BCUT2D eigenvalue weighted by Gasteiger charge is 2.10. The van der Waals surface area contributed by atoms with Crippen LogP contribution in [-0.2, 0) is 0 Å². The van der Waals surface area contributed by atoms with Crippen LogP contribution in [0.25, 0.3) is 10.8 Å². The molecule has 0 bridgehead atoms. The van der Waals surface area contributed by atoms with E-state index in [1.165, 1.54) is 21.9 Å². The normalized spacial score (nSPS) is 13.0. The van der Waals surface area contributed by atoms with Gasteiger partial charge in [0.05, 0.1) is 0 Å². The van der Waals surface area contributed by atoms with Gasteiger partial charge in [-0.25, -0.2) is 0 Å². The van der Waals surface area contributed by atoms with Crippen molar-refractivity contribution in [3.63, 3.8) is 0 Å². The van der Waals surface area contributed by atoms with Crippen molar-refractivity contribution in [1.82, 2.24) is 0 Å². The number of benzene rings is 2. The van der Waals surface area contributed by atoms with Gasteiger partial charge in [0.1, 0.15) is 0 Å². The second-order valence-corrected chi connectivity index (χ2v) is 4.03. The van der Waals surface area contributed by atoms with Gasteiger partial charge in [-0.2, -0.15) is 0 Å². The Balaban J connectivity index is 2.74. The Hall–Kier alpha value is -1.34. The van der Waals surface area contributed by atoms with Crippen LogP contribution >= 0.6 is 0 Å². The minimum absolute atomic E-state index is 0.149. The zero-order valence-electron chi connectivity index (χ0n) is 9.33. The minimum Gasteiger partial charge on any atom is -0.324 e. The lowest BCUT2D eigenvalue weighted by Gasteiger charge is -2.15. The van der Waals surface area contributed by atoms with Crippen LogP contribution in [0.15, 0.2) is 36.4 Å². The summed E-state index contributed by atoms with van der Waals surface area (Å²) >= 11 is 0. The average Bonchev–Trinajstić information content (AvgIpc) is 2.28. The van der Waals surface area contributed by atoms with E-state index in [0.29, 0.717) is 0 Å². The highest BCUT2D eigenvalue weighted by molar-refractivity contribution is 5.87. The van der Waals surface area contributed by atoms with Crippen molar-refractivity contribution >= 4 is 10.8 Å². The van der Waals surface area contributed by atoms with E-state index in [1.807, 2.05) is 0 Å². The molecule has 2 aromatic carbocycles. The lowest BCUT2D eigenvalue weighted by atomic mass is 9.93. The fourth-order valence-electron chi connectivity index (χ4n) is 2.10. The number of hydrogen-bond donors (Lipinski definition) is 1. The Bertz CT molecular complexity index is 474. The first-order valence-corrected chi connectivity index (χ1v) is 5.48. The maximum Gasteiger partial charge on any atom is 0.0301 e. The summed E-state index contributed by atoms with van der Waals surface area (Å²) in [5.74, 6) is 0. The molecule has 1 heteroatoms. The molecule has 15 heavy (non-hydrogen) atoms. The number of aryl methyl sites for hydroxylation is 1. The van der Waals surface area contributed by atoms with Crippen LogP contribution in [0, 0.1) is 6.92 Å².